The molecule has 0 bridgehead atoms. The van der Waals surface area contributed by atoms with Crippen molar-refractivity contribution in [1.29, 1.82) is 0 Å². The number of alkyl carbamates (subject to hydrolysis) is 1. The number of carbonyl (C=O) groups is 1. The lowest BCUT2D eigenvalue weighted by Gasteiger charge is -2.37. The second kappa shape index (κ2) is 7.79. The lowest BCUT2D eigenvalue weighted by atomic mass is 10.2. The second-order valence-electron chi connectivity index (χ2n) is 7.18. The van der Waals surface area contributed by atoms with Gasteiger partial charge in [0.05, 0.1) is 12.6 Å². The normalized spacial score (nSPS) is 13.5. The van der Waals surface area contributed by atoms with Gasteiger partial charge in [0.1, 0.15) is 6.61 Å². The lowest BCUT2D eigenvalue weighted by Crippen LogP contribution is -2.45. The van der Waals surface area contributed by atoms with Gasteiger partial charge in [-0.3, -0.25) is 0 Å². The van der Waals surface area contributed by atoms with Crippen molar-refractivity contribution in [2.24, 2.45) is 0 Å². The Bertz CT molecular complexity index is 469. The number of hydrogen-bond acceptors (Lipinski definition) is 3. The van der Waals surface area contributed by atoms with Gasteiger partial charge in [0.2, 0.25) is 0 Å². The molecule has 4 nitrogen and oxygen atoms in total. The van der Waals surface area contributed by atoms with Crippen molar-refractivity contribution in [2.75, 3.05) is 6.61 Å². The first-order valence-corrected chi connectivity index (χ1v) is 10.6. The molecule has 0 aliphatic rings. The maximum Gasteiger partial charge on any atom is 0.407 e. The molecule has 1 rings (SSSR count). The number of nitrogens with one attached hydrogen (secondary N) is 1. The minimum Gasteiger partial charge on any atom is -0.445 e. The van der Waals surface area contributed by atoms with Crippen LogP contribution in [0.5, 0.6) is 0 Å². The molecule has 5 heteroatoms. The zero-order chi connectivity index (χ0) is 16.8. The van der Waals surface area contributed by atoms with Crippen LogP contribution in [0.15, 0.2) is 30.3 Å². The molecule has 22 heavy (non-hydrogen) atoms. The first-order valence-electron chi connectivity index (χ1n) is 7.73. The zero-order valence-corrected chi connectivity index (χ0v) is 15.6. The molecular formula is C17H29NO3Si. The largest absolute Gasteiger partial charge is 0.445 e. The third kappa shape index (κ3) is 6.20. The zero-order valence-electron chi connectivity index (χ0n) is 14.6. The molecule has 0 aromatic heterocycles. The van der Waals surface area contributed by atoms with Gasteiger partial charge in [-0.2, -0.15) is 0 Å². The Hall–Kier alpha value is -1.33. The average molecular weight is 324 g/mol. The van der Waals surface area contributed by atoms with Crippen LogP contribution in [-0.2, 0) is 15.8 Å². The summed E-state index contributed by atoms with van der Waals surface area (Å²) in [4.78, 5) is 11.8. The SMILES string of the molecule is C[C@@H](CO[Si](C)(C)C(C)(C)C)NC(=O)OCc1ccccc1. The maximum atomic E-state index is 11.8. The standard InChI is InChI=1S/C17H29NO3Si/c1-14(12-21-22(5,6)17(2,3)4)18-16(19)20-13-15-10-8-7-9-11-15/h7-11,14H,12-13H2,1-6H3,(H,18,19)/t14-/m0/s1. The summed E-state index contributed by atoms with van der Waals surface area (Å²) in [5, 5.41) is 2.98. The highest BCUT2D eigenvalue weighted by Gasteiger charge is 2.37. The third-order valence-corrected chi connectivity index (χ3v) is 8.58. The molecule has 0 unspecified atom stereocenters. The molecule has 0 spiro atoms. The van der Waals surface area contributed by atoms with Crippen LogP contribution in [0.25, 0.3) is 0 Å². The molecule has 0 saturated heterocycles. The van der Waals surface area contributed by atoms with Crippen molar-refractivity contribution in [3.05, 3.63) is 35.9 Å². The van der Waals surface area contributed by atoms with Crippen molar-refractivity contribution in [3.63, 3.8) is 0 Å². The smallest absolute Gasteiger partial charge is 0.407 e. The van der Waals surface area contributed by atoms with Crippen LogP contribution < -0.4 is 5.32 Å². The fourth-order valence-electron chi connectivity index (χ4n) is 1.56. The Morgan fingerprint density at radius 1 is 1.23 bits per heavy atom. The van der Waals surface area contributed by atoms with E-state index in [1.54, 1.807) is 0 Å². The van der Waals surface area contributed by atoms with Gasteiger partial charge in [-0.25, -0.2) is 4.79 Å². The van der Waals surface area contributed by atoms with E-state index >= 15 is 0 Å². The highest BCUT2D eigenvalue weighted by molar-refractivity contribution is 6.74. The van der Waals surface area contributed by atoms with Crippen molar-refractivity contribution in [3.8, 4) is 0 Å². The van der Waals surface area contributed by atoms with E-state index in [1.807, 2.05) is 37.3 Å². The summed E-state index contributed by atoms with van der Waals surface area (Å²) in [6.07, 6.45) is -0.407. The van der Waals surface area contributed by atoms with Crippen LogP contribution in [0.1, 0.15) is 33.3 Å². The van der Waals surface area contributed by atoms with Crippen LogP contribution >= 0.6 is 0 Å². The summed E-state index contributed by atoms with van der Waals surface area (Å²) in [6, 6.07) is 9.56. The van der Waals surface area contributed by atoms with Crippen molar-refractivity contribution in [1.82, 2.24) is 5.32 Å². The summed E-state index contributed by atoms with van der Waals surface area (Å²) in [7, 11) is -1.78. The summed E-state index contributed by atoms with van der Waals surface area (Å²) >= 11 is 0. The van der Waals surface area contributed by atoms with E-state index in [0.717, 1.165) is 5.56 Å². The number of carbonyl (C=O) groups excluding carboxylic acids is 1. The predicted molar refractivity (Wildman–Crippen MR) is 92.4 cm³/mol. The molecule has 124 valence electrons. The summed E-state index contributed by atoms with van der Waals surface area (Å²) < 4.78 is 11.3. The van der Waals surface area contributed by atoms with E-state index in [-0.39, 0.29) is 17.7 Å². The van der Waals surface area contributed by atoms with Gasteiger partial charge in [-0.1, -0.05) is 51.1 Å². The van der Waals surface area contributed by atoms with Gasteiger partial charge < -0.3 is 14.5 Å². The van der Waals surface area contributed by atoms with Crippen LogP contribution in [0, 0.1) is 0 Å². The predicted octanol–water partition coefficient (Wildman–Crippen LogP) is 4.32. The molecule has 0 heterocycles. The summed E-state index contributed by atoms with van der Waals surface area (Å²) in [6.45, 7) is 13.7. The van der Waals surface area contributed by atoms with E-state index in [2.05, 4.69) is 39.2 Å². The Morgan fingerprint density at radius 2 is 1.82 bits per heavy atom. The molecule has 0 aliphatic carbocycles. The van der Waals surface area contributed by atoms with E-state index in [1.165, 1.54) is 0 Å². The number of benzene rings is 1. The van der Waals surface area contributed by atoms with Crippen molar-refractivity contribution < 1.29 is 14.0 Å². The minimum atomic E-state index is -1.78. The van der Waals surface area contributed by atoms with Crippen LogP contribution in [-0.4, -0.2) is 27.1 Å². The van der Waals surface area contributed by atoms with Gasteiger partial charge >= 0.3 is 6.09 Å². The van der Waals surface area contributed by atoms with E-state index in [0.29, 0.717) is 6.61 Å². The topological polar surface area (TPSA) is 47.6 Å². The Kier molecular flexibility index (Phi) is 6.62. The van der Waals surface area contributed by atoms with Crippen LogP contribution in [0.4, 0.5) is 4.79 Å². The monoisotopic (exact) mass is 323 g/mol. The quantitative estimate of drug-likeness (QED) is 0.793. The molecular weight excluding hydrogens is 294 g/mol. The van der Waals surface area contributed by atoms with Crippen LogP contribution in [0.3, 0.4) is 0 Å². The van der Waals surface area contributed by atoms with Gasteiger partial charge in [0.15, 0.2) is 8.32 Å². The number of ether oxygens (including phenoxy) is 1. The fraction of sp³-hybridized carbons (Fsp3) is 0.588. The van der Waals surface area contributed by atoms with Gasteiger partial charge in [0, 0.05) is 0 Å². The molecule has 1 amide bonds. The Labute approximate surface area is 135 Å². The molecule has 0 radical (unpaired) electrons. The molecule has 1 aromatic carbocycles. The number of rotatable bonds is 6. The van der Waals surface area contributed by atoms with Gasteiger partial charge in [-0.15, -0.1) is 0 Å². The highest BCUT2D eigenvalue weighted by atomic mass is 28.4. The van der Waals surface area contributed by atoms with E-state index < -0.39 is 14.4 Å². The first kappa shape index (κ1) is 18.7. The molecule has 0 fully saturated rings. The Morgan fingerprint density at radius 3 is 2.36 bits per heavy atom. The molecule has 1 aromatic rings. The van der Waals surface area contributed by atoms with Crippen molar-refractivity contribution >= 4 is 14.4 Å². The summed E-state index contributed by atoms with van der Waals surface area (Å²) in [5.74, 6) is 0. The number of hydrogen-bond donors (Lipinski definition) is 1. The molecule has 1 atom stereocenters. The highest BCUT2D eigenvalue weighted by Crippen LogP contribution is 2.36. The lowest BCUT2D eigenvalue weighted by molar-refractivity contribution is 0.131. The maximum absolute atomic E-state index is 11.8. The van der Waals surface area contributed by atoms with Crippen LogP contribution in [0.2, 0.25) is 18.1 Å². The second-order valence-corrected chi connectivity index (χ2v) is 12.0. The molecule has 0 saturated carbocycles. The van der Waals surface area contributed by atoms with E-state index in [4.69, 9.17) is 9.16 Å². The Balaban J connectivity index is 2.33. The third-order valence-electron chi connectivity index (χ3n) is 4.08. The summed E-state index contributed by atoms with van der Waals surface area (Å²) in [5.41, 5.74) is 0.975. The first-order chi connectivity index (χ1) is 10.1. The average Bonchev–Trinajstić information content (AvgIpc) is 2.43. The van der Waals surface area contributed by atoms with Gasteiger partial charge in [-0.05, 0) is 30.6 Å². The van der Waals surface area contributed by atoms with Gasteiger partial charge in [0.25, 0.3) is 0 Å². The van der Waals surface area contributed by atoms with E-state index in [9.17, 15) is 4.79 Å². The van der Waals surface area contributed by atoms with Crippen molar-refractivity contribution in [2.45, 2.75) is 58.5 Å². The molecule has 1 N–H and O–H groups in total. The molecule has 0 aliphatic heterocycles. The minimum absolute atomic E-state index is 0.0719. The fourth-order valence-corrected chi connectivity index (χ4v) is 2.66. The number of amides is 1.